The van der Waals surface area contributed by atoms with Gasteiger partial charge >= 0.3 is 0 Å². The molecule has 2 heterocycles. The largest absolute Gasteiger partial charge is 0.343 e. The highest BCUT2D eigenvalue weighted by Gasteiger charge is 2.47. The molecule has 0 aromatic carbocycles. The van der Waals surface area contributed by atoms with Crippen molar-refractivity contribution in [3.63, 3.8) is 0 Å². The number of hydrogen-bond acceptors (Lipinski definition) is 4. The Kier molecular flexibility index (Phi) is 5.46. The fourth-order valence-electron chi connectivity index (χ4n) is 5.39. The van der Waals surface area contributed by atoms with Crippen LogP contribution in [-0.2, 0) is 9.59 Å². The van der Waals surface area contributed by atoms with Gasteiger partial charge in [-0.3, -0.25) is 14.9 Å². The maximum Gasteiger partial charge on any atom is 0.225 e. The number of nitrogens with one attached hydrogen (secondary N) is 2. The van der Waals surface area contributed by atoms with E-state index in [0.29, 0.717) is 42.6 Å². The number of carbonyl (C=O) groups excluding carboxylic acids is 2. The van der Waals surface area contributed by atoms with Crippen LogP contribution in [0.4, 0.5) is 4.39 Å². The Labute approximate surface area is 159 Å². The van der Waals surface area contributed by atoms with Crippen LogP contribution in [0, 0.1) is 17.8 Å². The van der Waals surface area contributed by atoms with E-state index in [9.17, 15) is 14.0 Å². The summed E-state index contributed by atoms with van der Waals surface area (Å²) < 4.78 is 13.7. The van der Waals surface area contributed by atoms with Gasteiger partial charge in [0.15, 0.2) is 0 Å². The van der Waals surface area contributed by atoms with E-state index in [1.165, 1.54) is 0 Å². The van der Waals surface area contributed by atoms with E-state index in [1.807, 2.05) is 16.7 Å². The number of likely N-dealkylation sites (tertiary alicyclic amines) is 1. The predicted octanol–water partition coefficient (Wildman–Crippen LogP) is 2.27. The number of carbonyl (C=O) groups is 2. The van der Waals surface area contributed by atoms with Crippen molar-refractivity contribution in [2.75, 3.05) is 13.1 Å². The molecule has 6 atom stereocenters. The molecule has 2 saturated carbocycles. The molecule has 5 nitrogen and oxygen atoms in total. The highest BCUT2D eigenvalue weighted by Crippen LogP contribution is 2.48. The maximum atomic E-state index is 13.7. The van der Waals surface area contributed by atoms with Crippen molar-refractivity contribution in [1.82, 2.24) is 15.5 Å². The van der Waals surface area contributed by atoms with Crippen LogP contribution in [0.15, 0.2) is 0 Å². The van der Waals surface area contributed by atoms with Crippen molar-refractivity contribution >= 4 is 23.6 Å². The Hall–Kier alpha value is -0.820. The van der Waals surface area contributed by atoms with E-state index >= 15 is 0 Å². The van der Waals surface area contributed by atoms with Gasteiger partial charge in [-0.15, -0.1) is 11.8 Å². The first-order valence-electron chi connectivity index (χ1n) is 10.1. The number of alkyl halides is 1. The molecule has 26 heavy (non-hydrogen) atoms. The number of hydrogen-bond donors (Lipinski definition) is 2. The zero-order valence-electron chi connectivity index (χ0n) is 15.5. The van der Waals surface area contributed by atoms with E-state index in [2.05, 4.69) is 10.6 Å². The average Bonchev–Trinajstić information content (AvgIpc) is 3.04. The maximum absolute atomic E-state index is 13.7. The lowest BCUT2D eigenvalue weighted by Crippen LogP contribution is -2.49. The van der Waals surface area contributed by atoms with Gasteiger partial charge in [0.2, 0.25) is 11.8 Å². The summed E-state index contributed by atoms with van der Waals surface area (Å²) >= 11 is 1.85. The molecule has 7 heteroatoms. The Morgan fingerprint density at radius 3 is 2.62 bits per heavy atom. The molecule has 2 aliphatic heterocycles. The molecule has 2 saturated heterocycles. The molecule has 146 valence electrons. The summed E-state index contributed by atoms with van der Waals surface area (Å²) in [6, 6.07) is 0.447. The second-order valence-electron chi connectivity index (χ2n) is 8.45. The van der Waals surface area contributed by atoms with Crippen molar-refractivity contribution in [3.05, 3.63) is 0 Å². The van der Waals surface area contributed by atoms with Crippen LogP contribution in [-0.4, -0.2) is 52.8 Å². The number of thioether (sulfide) groups is 1. The summed E-state index contributed by atoms with van der Waals surface area (Å²) in [5.41, 5.74) is -0.0230. The van der Waals surface area contributed by atoms with Crippen LogP contribution in [0.25, 0.3) is 0 Å². The third-order valence-electron chi connectivity index (χ3n) is 6.89. The van der Waals surface area contributed by atoms with Crippen LogP contribution in [0.2, 0.25) is 0 Å². The van der Waals surface area contributed by atoms with Gasteiger partial charge in [-0.05, 0) is 56.8 Å². The van der Waals surface area contributed by atoms with Gasteiger partial charge < -0.3 is 10.2 Å². The van der Waals surface area contributed by atoms with Crippen LogP contribution in [0.5, 0.6) is 0 Å². The average molecular weight is 384 g/mol. The van der Waals surface area contributed by atoms with Gasteiger partial charge in [0.05, 0.1) is 0 Å². The van der Waals surface area contributed by atoms with Gasteiger partial charge in [0.25, 0.3) is 0 Å². The molecule has 6 unspecified atom stereocenters. The predicted molar refractivity (Wildman–Crippen MR) is 100 cm³/mol. The Morgan fingerprint density at radius 2 is 1.88 bits per heavy atom. The molecule has 0 aromatic heterocycles. The first kappa shape index (κ1) is 18.5. The molecule has 4 rings (SSSR count). The number of fused-ring (bicyclic) bond motifs is 3. The molecular formula is C19H30FN3O2S. The van der Waals surface area contributed by atoms with Crippen LogP contribution in [0.3, 0.4) is 0 Å². The first-order valence-corrected chi connectivity index (χ1v) is 11.1. The Balaban J connectivity index is 1.29. The van der Waals surface area contributed by atoms with E-state index in [-0.39, 0.29) is 23.2 Å². The van der Waals surface area contributed by atoms with Gasteiger partial charge in [-0.25, -0.2) is 4.39 Å². The number of amides is 2. The zero-order valence-corrected chi connectivity index (χ0v) is 16.3. The highest BCUT2D eigenvalue weighted by molar-refractivity contribution is 8.00. The van der Waals surface area contributed by atoms with Gasteiger partial charge in [0, 0.05) is 37.2 Å². The molecule has 0 bridgehead atoms. The van der Waals surface area contributed by atoms with Crippen LogP contribution < -0.4 is 10.6 Å². The van der Waals surface area contributed by atoms with Crippen LogP contribution >= 0.6 is 11.8 Å². The normalized spacial score (nSPS) is 40.6. The SMILES string of the molecule is CC(=O)N1CCC(C(=O)NC2NC3CCC4CC(F)CCC4C3S2)CC1. The van der Waals surface area contributed by atoms with E-state index in [4.69, 9.17) is 0 Å². The van der Waals surface area contributed by atoms with E-state index in [1.54, 1.807) is 6.92 Å². The number of piperidine rings is 1. The summed E-state index contributed by atoms with van der Waals surface area (Å²) in [5.74, 6) is 1.34. The molecule has 0 radical (unpaired) electrons. The van der Waals surface area contributed by atoms with Crippen molar-refractivity contribution in [2.24, 2.45) is 17.8 Å². The second kappa shape index (κ2) is 7.66. The topological polar surface area (TPSA) is 61.4 Å². The fourth-order valence-corrected chi connectivity index (χ4v) is 7.11. The molecule has 4 aliphatic rings. The van der Waals surface area contributed by atoms with Crippen molar-refractivity contribution < 1.29 is 14.0 Å². The molecule has 2 N–H and O–H groups in total. The van der Waals surface area contributed by atoms with Crippen LogP contribution in [0.1, 0.15) is 51.9 Å². The van der Waals surface area contributed by atoms with Gasteiger partial charge in [0.1, 0.15) is 11.7 Å². The third-order valence-corrected chi connectivity index (χ3v) is 8.41. The van der Waals surface area contributed by atoms with Crippen molar-refractivity contribution in [2.45, 2.75) is 74.8 Å². The molecule has 2 amide bonds. The number of rotatable bonds is 2. The highest BCUT2D eigenvalue weighted by atomic mass is 32.2. The number of nitrogens with zero attached hydrogens (tertiary/aromatic N) is 1. The van der Waals surface area contributed by atoms with E-state index in [0.717, 1.165) is 38.5 Å². The monoisotopic (exact) mass is 383 g/mol. The molecule has 4 fully saturated rings. The summed E-state index contributed by atoms with van der Waals surface area (Å²) in [6.45, 7) is 2.95. The lowest BCUT2D eigenvalue weighted by atomic mass is 9.68. The second-order valence-corrected chi connectivity index (χ2v) is 9.74. The first-order chi connectivity index (χ1) is 12.5. The third kappa shape index (κ3) is 3.75. The standard InChI is InChI=1S/C19H30FN3O2S/c1-11(24)23-8-6-12(7-9-23)18(25)22-19-21-16-5-2-13-10-14(20)3-4-15(13)17(16)26-19/h12-17,19,21H,2-10H2,1H3,(H,22,25). The van der Waals surface area contributed by atoms with Crippen molar-refractivity contribution in [3.8, 4) is 0 Å². The lowest BCUT2D eigenvalue weighted by molar-refractivity contribution is -0.134. The number of halogens is 1. The smallest absolute Gasteiger partial charge is 0.225 e. The van der Waals surface area contributed by atoms with Gasteiger partial charge in [-0.1, -0.05) is 0 Å². The van der Waals surface area contributed by atoms with E-state index < -0.39 is 6.17 Å². The lowest BCUT2D eigenvalue weighted by Gasteiger charge is -2.42. The Morgan fingerprint density at radius 1 is 1.12 bits per heavy atom. The molecule has 0 spiro atoms. The Bertz CT molecular complexity index is 555. The minimum atomic E-state index is -0.608. The molecule has 2 aliphatic carbocycles. The van der Waals surface area contributed by atoms with Gasteiger partial charge in [-0.2, -0.15) is 0 Å². The minimum Gasteiger partial charge on any atom is -0.343 e. The van der Waals surface area contributed by atoms with Crippen molar-refractivity contribution in [1.29, 1.82) is 0 Å². The summed E-state index contributed by atoms with van der Waals surface area (Å²) in [4.78, 5) is 25.9. The summed E-state index contributed by atoms with van der Waals surface area (Å²) in [5, 5.41) is 7.30. The zero-order chi connectivity index (χ0) is 18.3. The summed E-state index contributed by atoms with van der Waals surface area (Å²) in [7, 11) is 0. The molecular weight excluding hydrogens is 353 g/mol. The molecule has 0 aromatic rings. The fraction of sp³-hybridized carbons (Fsp3) is 0.895. The quantitative estimate of drug-likeness (QED) is 0.768. The minimum absolute atomic E-state index is 0.00496. The summed E-state index contributed by atoms with van der Waals surface area (Å²) in [6.07, 6.45) is 5.53.